The number of benzene rings is 2. The van der Waals surface area contributed by atoms with Crippen LogP contribution in [0.3, 0.4) is 0 Å². The largest absolute Gasteiger partial charge is 0.367 e. The van der Waals surface area contributed by atoms with Crippen molar-refractivity contribution in [2.45, 2.75) is 26.1 Å². The maximum absolute atomic E-state index is 13.4. The summed E-state index contributed by atoms with van der Waals surface area (Å²) < 4.78 is 13.4. The van der Waals surface area contributed by atoms with Crippen molar-refractivity contribution in [3.63, 3.8) is 0 Å². The average molecular weight is 268 g/mol. The van der Waals surface area contributed by atoms with Gasteiger partial charge in [0.1, 0.15) is 5.82 Å². The van der Waals surface area contributed by atoms with Crippen LogP contribution < -0.4 is 10.2 Å². The van der Waals surface area contributed by atoms with Gasteiger partial charge in [-0.1, -0.05) is 24.3 Å². The zero-order valence-corrected chi connectivity index (χ0v) is 11.3. The third-order valence-corrected chi connectivity index (χ3v) is 4.31. The van der Waals surface area contributed by atoms with Crippen molar-refractivity contribution in [3.05, 3.63) is 64.5 Å². The number of anilines is 1. The van der Waals surface area contributed by atoms with Crippen LogP contribution in [0.15, 0.2) is 36.4 Å². The van der Waals surface area contributed by atoms with Gasteiger partial charge in [0.2, 0.25) is 0 Å². The van der Waals surface area contributed by atoms with E-state index in [9.17, 15) is 4.39 Å². The molecule has 0 bridgehead atoms. The summed E-state index contributed by atoms with van der Waals surface area (Å²) in [6, 6.07) is 11.8. The van der Waals surface area contributed by atoms with Gasteiger partial charge in [-0.05, 0) is 40.8 Å². The molecule has 102 valence electrons. The summed E-state index contributed by atoms with van der Waals surface area (Å²) in [4.78, 5) is 2.28. The molecule has 0 unspecified atom stereocenters. The van der Waals surface area contributed by atoms with E-state index in [0.29, 0.717) is 0 Å². The fourth-order valence-electron chi connectivity index (χ4n) is 3.25. The number of fused-ring (bicyclic) bond motifs is 2. The van der Waals surface area contributed by atoms with Crippen LogP contribution in [0.2, 0.25) is 0 Å². The minimum Gasteiger partial charge on any atom is -0.367 e. The first-order valence-corrected chi connectivity index (χ1v) is 7.14. The molecule has 0 spiro atoms. The molecule has 20 heavy (non-hydrogen) atoms. The van der Waals surface area contributed by atoms with E-state index in [1.165, 1.54) is 22.3 Å². The second-order valence-electron chi connectivity index (χ2n) is 5.65. The van der Waals surface area contributed by atoms with Crippen molar-refractivity contribution in [2.24, 2.45) is 0 Å². The van der Waals surface area contributed by atoms with Crippen molar-refractivity contribution < 1.29 is 4.39 Å². The molecular weight excluding hydrogens is 251 g/mol. The Hall–Kier alpha value is -1.87. The highest BCUT2D eigenvalue weighted by Gasteiger charge is 2.20. The van der Waals surface area contributed by atoms with Crippen molar-refractivity contribution in [2.75, 3.05) is 11.4 Å². The van der Waals surface area contributed by atoms with Crippen molar-refractivity contribution in [1.82, 2.24) is 5.32 Å². The molecular formula is C17H17FN2. The number of rotatable bonds is 2. The van der Waals surface area contributed by atoms with E-state index in [0.717, 1.165) is 38.3 Å². The van der Waals surface area contributed by atoms with Gasteiger partial charge in [0.05, 0.1) is 0 Å². The van der Waals surface area contributed by atoms with Gasteiger partial charge in [-0.3, -0.25) is 0 Å². The highest BCUT2D eigenvalue weighted by atomic mass is 19.1. The second-order valence-corrected chi connectivity index (χ2v) is 5.65. The van der Waals surface area contributed by atoms with Crippen LogP contribution >= 0.6 is 0 Å². The van der Waals surface area contributed by atoms with Gasteiger partial charge in [0.25, 0.3) is 0 Å². The molecule has 2 aromatic rings. The number of nitrogens with one attached hydrogen (secondary N) is 1. The average Bonchev–Trinajstić information content (AvgIpc) is 3.05. The van der Waals surface area contributed by atoms with Crippen LogP contribution in [0.25, 0.3) is 0 Å². The molecule has 0 fully saturated rings. The Morgan fingerprint density at radius 2 is 1.85 bits per heavy atom. The first-order valence-electron chi connectivity index (χ1n) is 7.14. The summed E-state index contributed by atoms with van der Waals surface area (Å²) in [5.74, 6) is -0.145. The molecule has 0 atom stereocenters. The van der Waals surface area contributed by atoms with E-state index >= 15 is 0 Å². The Morgan fingerprint density at radius 3 is 2.80 bits per heavy atom. The monoisotopic (exact) mass is 268 g/mol. The van der Waals surface area contributed by atoms with Crippen LogP contribution in [0.4, 0.5) is 10.1 Å². The molecule has 3 heteroatoms. The first-order chi connectivity index (χ1) is 9.79. The molecule has 0 saturated heterocycles. The summed E-state index contributed by atoms with van der Waals surface area (Å²) >= 11 is 0. The molecule has 0 radical (unpaired) electrons. The van der Waals surface area contributed by atoms with Gasteiger partial charge in [-0.25, -0.2) is 4.39 Å². The summed E-state index contributed by atoms with van der Waals surface area (Å²) in [5, 5.41) is 3.37. The van der Waals surface area contributed by atoms with E-state index in [1.54, 1.807) is 12.1 Å². The Morgan fingerprint density at radius 1 is 1.00 bits per heavy atom. The number of nitrogens with zero attached hydrogens (tertiary/aromatic N) is 1. The van der Waals surface area contributed by atoms with Gasteiger partial charge in [0, 0.05) is 31.9 Å². The minimum absolute atomic E-state index is 0.145. The standard InChI is InChI=1S/C17H17FN2/c18-16-4-3-13-5-6-20(17(13)8-16)11-12-1-2-14-9-19-10-15(14)7-12/h1-4,7-8,19H,5-6,9-11H2. The summed E-state index contributed by atoms with van der Waals surface area (Å²) in [6.45, 7) is 3.79. The summed E-state index contributed by atoms with van der Waals surface area (Å²) in [6.07, 6.45) is 1.02. The summed E-state index contributed by atoms with van der Waals surface area (Å²) in [7, 11) is 0. The van der Waals surface area contributed by atoms with E-state index < -0.39 is 0 Å². The van der Waals surface area contributed by atoms with E-state index in [4.69, 9.17) is 0 Å². The van der Waals surface area contributed by atoms with Gasteiger partial charge in [-0.15, -0.1) is 0 Å². The Bertz CT molecular complexity index is 666. The van der Waals surface area contributed by atoms with Crippen LogP contribution in [0.5, 0.6) is 0 Å². The molecule has 2 heterocycles. The second kappa shape index (κ2) is 4.60. The molecule has 4 rings (SSSR count). The fourth-order valence-corrected chi connectivity index (χ4v) is 3.25. The molecule has 0 amide bonds. The smallest absolute Gasteiger partial charge is 0.125 e. The van der Waals surface area contributed by atoms with E-state index in [-0.39, 0.29) is 5.82 Å². The van der Waals surface area contributed by atoms with Gasteiger partial charge >= 0.3 is 0 Å². The predicted molar refractivity (Wildman–Crippen MR) is 78.1 cm³/mol. The molecule has 0 saturated carbocycles. The lowest BCUT2D eigenvalue weighted by Crippen LogP contribution is -2.19. The number of halogens is 1. The van der Waals surface area contributed by atoms with Gasteiger partial charge in [0.15, 0.2) is 0 Å². The SMILES string of the molecule is Fc1ccc2c(c1)N(Cc1ccc3c(c1)CNC3)CC2. The van der Waals surface area contributed by atoms with Crippen molar-refractivity contribution in [3.8, 4) is 0 Å². The quantitative estimate of drug-likeness (QED) is 0.900. The Balaban J connectivity index is 1.60. The Labute approximate surface area is 118 Å². The highest BCUT2D eigenvalue weighted by molar-refractivity contribution is 5.58. The normalized spacial score (nSPS) is 16.4. The predicted octanol–water partition coefficient (Wildman–Crippen LogP) is 2.99. The van der Waals surface area contributed by atoms with Crippen LogP contribution in [-0.4, -0.2) is 6.54 Å². The maximum Gasteiger partial charge on any atom is 0.125 e. The molecule has 2 aliphatic heterocycles. The minimum atomic E-state index is -0.145. The Kier molecular flexibility index (Phi) is 2.74. The molecule has 0 aliphatic carbocycles. The number of hydrogen-bond donors (Lipinski definition) is 1. The van der Waals surface area contributed by atoms with Crippen molar-refractivity contribution in [1.29, 1.82) is 0 Å². The van der Waals surface area contributed by atoms with Gasteiger partial charge < -0.3 is 10.2 Å². The summed E-state index contributed by atoms with van der Waals surface area (Å²) in [5.41, 5.74) is 6.44. The third-order valence-electron chi connectivity index (χ3n) is 4.31. The molecule has 1 N–H and O–H groups in total. The zero-order chi connectivity index (χ0) is 13.5. The number of hydrogen-bond acceptors (Lipinski definition) is 2. The first kappa shape index (κ1) is 11.9. The lowest BCUT2D eigenvalue weighted by molar-refractivity contribution is 0.627. The van der Waals surface area contributed by atoms with Crippen molar-refractivity contribution >= 4 is 5.69 Å². The van der Waals surface area contributed by atoms with Crippen LogP contribution in [0.1, 0.15) is 22.3 Å². The van der Waals surface area contributed by atoms with Gasteiger partial charge in [-0.2, -0.15) is 0 Å². The lowest BCUT2D eigenvalue weighted by atomic mass is 10.1. The molecule has 0 aromatic heterocycles. The fraction of sp³-hybridized carbons (Fsp3) is 0.294. The van der Waals surface area contributed by atoms with E-state index in [2.05, 4.69) is 28.4 Å². The van der Waals surface area contributed by atoms with Crippen LogP contribution in [0, 0.1) is 5.82 Å². The maximum atomic E-state index is 13.4. The molecule has 2 nitrogen and oxygen atoms in total. The molecule has 2 aliphatic rings. The van der Waals surface area contributed by atoms with Crippen LogP contribution in [-0.2, 0) is 26.1 Å². The highest BCUT2D eigenvalue weighted by Crippen LogP contribution is 2.30. The lowest BCUT2D eigenvalue weighted by Gasteiger charge is -2.20. The van der Waals surface area contributed by atoms with E-state index in [1.807, 2.05) is 6.07 Å². The topological polar surface area (TPSA) is 15.3 Å². The zero-order valence-electron chi connectivity index (χ0n) is 11.3. The third kappa shape index (κ3) is 1.98. The molecule has 2 aromatic carbocycles.